The Labute approximate surface area is 112 Å². The first-order valence-corrected chi connectivity index (χ1v) is 6.06. The molecule has 0 aliphatic rings. The van der Waals surface area contributed by atoms with Gasteiger partial charge in [0, 0.05) is 6.54 Å². The molecule has 4 nitrogen and oxygen atoms in total. The summed E-state index contributed by atoms with van der Waals surface area (Å²) in [5, 5.41) is 12.0. The van der Waals surface area contributed by atoms with Gasteiger partial charge in [-0.1, -0.05) is 18.2 Å². The minimum absolute atomic E-state index is 0.425. The Morgan fingerprint density at radius 2 is 2.00 bits per heavy atom. The second-order valence-corrected chi connectivity index (χ2v) is 4.04. The number of rotatable bonds is 5. The van der Waals surface area contributed by atoms with E-state index in [1.54, 1.807) is 13.2 Å². The molecule has 2 aromatic rings. The van der Waals surface area contributed by atoms with E-state index < -0.39 is 0 Å². The number of nitrogens with one attached hydrogen (secondary N) is 1. The lowest BCUT2D eigenvalue weighted by atomic mass is 10.1. The maximum atomic E-state index is 8.76. The van der Waals surface area contributed by atoms with E-state index in [1.165, 1.54) is 5.56 Å². The highest BCUT2D eigenvalue weighted by Crippen LogP contribution is 2.12. The van der Waals surface area contributed by atoms with Gasteiger partial charge in [-0.2, -0.15) is 5.26 Å². The predicted molar refractivity (Wildman–Crippen MR) is 74.1 cm³/mol. The number of hydrogen-bond donors (Lipinski definition) is 1. The largest absolute Gasteiger partial charge is 0.497 e. The predicted octanol–water partition coefficient (Wildman–Crippen LogP) is 2.62. The Hall–Kier alpha value is -2.54. The second kappa shape index (κ2) is 6.41. The van der Waals surface area contributed by atoms with Crippen molar-refractivity contribution in [2.45, 2.75) is 6.42 Å². The van der Waals surface area contributed by atoms with Crippen LogP contribution in [0.4, 0.5) is 5.82 Å². The van der Waals surface area contributed by atoms with Gasteiger partial charge in [-0.3, -0.25) is 0 Å². The van der Waals surface area contributed by atoms with E-state index in [2.05, 4.69) is 10.3 Å². The number of pyridine rings is 1. The van der Waals surface area contributed by atoms with Crippen LogP contribution in [0.3, 0.4) is 0 Å². The standard InChI is InChI=1S/C15H15N3O/c1-19-14-7-5-12(6-8-14)9-10-17-15-4-2-3-13(11-16)18-15/h2-8H,9-10H2,1H3,(H,17,18). The summed E-state index contributed by atoms with van der Waals surface area (Å²) >= 11 is 0. The Morgan fingerprint density at radius 3 is 2.68 bits per heavy atom. The lowest BCUT2D eigenvalue weighted by Crippen LogP contribution is -2.06. The first-order chi connectivity index (χ1) is 9.31. The number of nitrogens with zero attached hydrogens (tertiary/aromatic N) is 2. The van der Waals surface area contributed by atoms with E-state index in [4.69, 9.17) is 10.00 Å². The van der Waals surface area contributed by atoms with E-state index in [1.807, 2.05) is 42.5 Å². The van der Waals surface area contributed by atoms with Crippen molar-refractivity contribution in [2.24, 2.45) is 0 Å². The van der Waals surface area contributed by atoms with Crippen LogP contribution in [0.15, 0.2) is 42.5 Å². The van der Waals surface area contributed by atoms with Gasteiger partial charge in [0.25, 0.3) is 0 Å². The number of ether oxygens (including phenoxy) is 1. The summed E-state index contributed by atoms with van der Waals surface area (Å²) in [6.07, 6.45) is 0.891. The van der Waals surface area contributed by atoms with Crippen LogP contribution in [-0.4, -0.2) is 18.6 Å². The Morgan fingerprint density at radius 1 is 1.21 bits per heavy atom. The molecule has 0 atom stereocenters. The zero-order chi connectivity index (χ0) is 13.5. The van der Waals surface area contributed by atoms with Crippen LogP contribution in [0, 0.1) is 11.3 Å². The molecule has 96 valence electrons. The summed E-state index contributed by atoms with van der Waals surface area (Å²) in [5.74, 6) is 1.59. The van der Waals surface area contributed by atoms with E-state index in [0.29, 0.717) is 5.69 Å². The van der Waals surface area contributed by atoms with E-state index in [-0.39, 0.29) is 0 Å². The van der Waals surface area contributed by atoms with Crippen molar-refractivity contribution < 1.29 is 4.74 Å². The highest BCUT2D eigenvalue weighted by atomic mass is 16.5. The summed E-state index contributed by atoms with van der Waals surface area (Å²) in [7, 11) is 1.66. The molecule has 0 aliphatic heterocycles. The van der Waals surface area contributed by atoms with Crippen LogP contribution in [0.25, 0.3) is 0 Å². The zero-order valence-corrected chi connectivity index (χ0v) is 10.8. The molecule has 1 N–H and O–H groups in total. The second-order valence-electron chi connectivity index (χ2n) is 4.04. The summed E-state index contributed by atoms with van der Waals surface area (Å²) in [6, 6.07) is 15.4. The third kappa shape index (κ3) is 3.71. The minimum atomic E-state index is 0.425. The van der Waals surface area contributed by atoms with Crippen molar-refractivity contribution in [3.63, 3.8) is 0 Å². The van der Waals surface area contributed by atoms with Crippen molar-refractivity contribution in [1.82, 2.24) is 4.98 Å². The molecular formula is C15H15N3O. The number of nitriles is 1. The molecule has 0 unspecified atom stereocenters. The minimum Gasteiger partial charge on any atom is -0.497 e. The van der Waals surface area contributed by atoms with Gasteiger partial charge in [0.1, 0.15) is 23.3 Å². The van der Waals surface area contributed by atoms with Gasteiger partial charge in [0.15, 0.2) is 0 Å². The fraction of sp³-hybridized carbons (Fsp3) is 0.200. The van der Waals surface area contributed by atoms with E-state index in [9.17, 15) is 0 Å². The summed E-state index contributed by atoms with van der Waals surface area (Å²) in [6.45, 7) is 0.772. The SMILES string of the molecule is COc1ccc(CCNc2cccc(C#N)n2)cc1. The van der Waals surface area contributed by atoms with Gasteiger partial charge in [-0.25, -0.2) is 4.98 Å². The van der Waals surface area contributed by atoms with Crippen LogP contribution in [-0.2, 0) is 6.42 Å². The molecule has 0 fully saturated rings. The lowest BCUT2D eigenvalue weighted by Gasteiger charge is -2.06. The van der Waals surface area contributed by atoms with Gasteiger partial charge in [0.2, 0.25) is 0 Å². The van der Waals surface area contributed by atoms with Crippen molar-refractivity contribution in [2.75, 3.05) is 19.0 Å². The third-order valence-corrected chi connectivity index (χ3v) is 2.74. The van der Waals surface area contributed by atoms with Crippen LogP contribution >= 0.6 is 0 Å². The molecule has 1 heterocycles. The maximum absolute atomic E-state index is 8.76. The van der Waals surface area contributed by atoms with E-state index in [0.717, 1.165) is 24.5 Å². The molecule has 19 heavy (non-hydrogen) atoms. The molecule has 0 aliphatic carbocycles. The summed E-state index contributed by atoms with van der Waals surface area (Å²) in [5.41, 5.74) is 1.65. The average Bonchev–Trinajstić information content (AvgIpc) is 2.48. The molecular weight excluding hydrogens is 238 g/mol. The molecule has 0 spiro atoms. The molecule has 2 rings (SSSR count). The number of hydrogen-bond acceptors (Lipinski definition) is 4. The molecule has 0 saturated carbocycles. The molecule has 4 heteroatoms. The normalized spacial score (nSPS) is 9.68. The van der Waals surface area contributed by atoms with Crippen molar-refractivity contribution in [1.29, 1.82) is 5.26 Å². The third-order valence-electron chi connectivity index (χ3n) is 2.74. The summed E-state index contributed by atoms with van der Waals surface area (Å²) < 4.78 is 5.11. The Balaban J connectivity index is 1.87. The first kappa shape index (κ1) is 12.9. The molecule has 0 bridgehead atoms. The highest BCUT2D eigenvalue weighted by Gasteiger charge is 1.97. The van der Waals surface area contributed by atoms with Crippen LogP contribution in [0.2, 0.25) is 0 Å². The van der Waals surface area contributed by atoms with Gasteiger partial charge >= 0.3 is 0 Å². The van der Waals surface area contributed by atoms with Crippen LogP contribution in [0.1, 0.15) is 11.3 Å². The lowest BCUT2D eigenvalue weighted by molar-refractivity contribution is 0.414. The number of methoxy groups -OCH3 is 1. The van der Waals surface area contributed by atoms with Gasteiger partial charge in [0.05, 0.1) is 7.11 Å². The number of anilines is 1. The van der Waals surface area contributed by atoms with Crippen LogP contribution in [0.5, 0.6) is 5.75 Å². The quantitative estimate of drug-likeness (QED) is 0.889. The fourth-order valence-electron chi connectivity index (χ4n) is 1.72. The number of benzene rings is 1. The molecule has 1 aromatic heterocycles. The zero-order valence-electron chi connectivity index (χ0n) is 10.8. The van der Waals surface area contributed by atoms with Crippen molar-refractivity contribution >= 4 is 5.82 Å². The highest BCUT2D eigenvalue weighted by molar-refractivity contribution is 5.38. The van der Waals surface area contributed by atoms with Crippen LogP contribution < -0.4 is 10.1 Å². The molecule has 1 aromatic carbocycles. The topological polar surface area (TPSA) is 57.9 Å². The molecule has 0 saturated heterocycles. The Bertz CT molecular complexity index is 573. The van der Waals surface area contributed by atoms with E-state index >= 15 is 0 Å². The summed E-state index contributed by atoms with van der Waals surface area (Å²) in [4.78, 5) is 4.16. The first-order valence-electron chi connectivity index (χ1n) is 6.06. The average molecular weight is 253 g/mol. The fourth-order valence-corrected chi connectivity index (χ4v) is 1.72. The van der Waals surface area contributed by atoms with Crippen molar-refractivity contribution in [3.8, 4) is 11.8 Å². The molecule has 0 amide bonds. The maximum Gasteiger partial charge on any atom is 0.142 e. The number of aromatic nitrogens is 1. The molecule has 0 radical (unpaired) electrons. The monoisotopic (exact) mass is 253 g/mol. The van der Waals surface area contributed by atoms with Crippen molar-refractivity contribution in [3.05, 3.63) is 53.7 Å². The van der Waals surface area contributed by atoms with Gasteiger partial charge in [-0.05, 0) is 36.2 Å². The van der Waals surface area contributed by atoms with Gasteiger partial charge in [-0.15, -0.1) is 0 Å². The Kier molecular flexibility index (Phi) is 4.35. The van der Waals surface area contributed by atoms with Gasteiger partial charge < -0.3 is 10.1 Å². The smallest absolute Gasteiger partial charge is 0.142 e.